The summed E-state index contributed by atoms with van der Waals surface area (Å²) in [5.74, 6) is 0.889. The normalized spacial score (nSPS) is 12.2. The van der Waals surface area contributed by atoms with E-state index in [0.29, 0.717) is 12.9 Å². The first kappa shape index (κ1) is 24.8. The number of ether oxygens (including phenoxy) is 1. The second-order valence-corrected chi connectivity index (χ2v) is 7.77. The van der Waals surface area contributed by atoms with Crippen molar-refractivity contribution in [2.45, 2.75) is 64.9 Å². The summed E-state index contributed by atoms with van der Waals surface area (Å²) < 4.78 is 31.5. The van der Waals surface area contributed by atoms with E-state index < -0.39 is 10.1 Å². The molecule has 26 heavy (non-hydrogen) atoms. The molecule has 1 atom stereocenters. The van der Waals surface area contributed by atoms with Crippen LogP contribution >= 0.6 is 0 Å². The molecule has 0 amide bonds. The number of unbranched alkanes of at least 4 members (excludes halogenated alkanes) is 6. The third-order valence-electron chi connectivity index (χ3n) is 3.39. The molecule has 0 saturated carbocycles. The topological polar surface area (TPSA) is 84.9 Å². The quantitative estimate of drug-likeness (QED) is 0.298. The van der Waals surface area contributed by atoms with Crippen LogP contribution < -0.4 is 10.2 Å². The Morgan fingerprint density at radius 1 is 1.04 bits per heavy atom. The maximum absolute atomic E-state index is 9.19. The lowest BCUT2D eigenvalue weighted by Gasteiger charge is -2.14. The predicted molar refractivity (Wildman–Crippen MR) is 106 cm³/mol. The van der Waals surface area contributed by atoms with Gasteiger partial charge in [0, 0.05) is 6.54 Å². The summed E-state index contributed by atoms with van der Waals surface area (Å²) in [7, 11) is -3.67. The van der Waals surface area contributed by atoms with Gasteiger partial charge in [-0.15, -0.1) is 0 Å². The Bertz CT molecular complexity index is 514. The summed E-state index contributed by atoms with van der Waals surface area (Å²) >= 11 is 0. The first-order chi connectivity index (χ1) is 12.3. The monoisotopic (exact) mass is 389 g/mol. The molecule has 152 valence electrons. The van der Waals surface area contributed by atoms with Crippen LogP contribution in [0.1, 0.15) is 58.8 Å². The summed E-state index contributed by atoms with van der Waals surface area (Å²) in [4.78, 5) is 5.53. The van der Waals surface area contributed by atoms with E-state index in [-0.39, 0.29) is 6.10 Å². The fraction of sp³-hybridized carbons (Fsp3) is 0.684. The smallest absolute Gasteiger partial charge is 0.261 e. The second-order valence-electron chi connectivity index (χ2n) is 6.30. The number of para-hydroxylation sites is 1. The van der Waals surface area contributed by atoms with Crippen molar-refractivity contribution in [1.29, 1.82) is 0 Å². The van der Waals surface area contributed by atoms with E-state index in [1.807, 2.05) is 37.3 Å². The molecule has 0 aliphatic heterocycles. The van der Waals surface area contributed by atoms with E-state index >= 15 is 0 Å². The van der Waals surface area contributed by atoms with Crippen molar-refractivity contribution >= 4 is 10.1 Å². The predicted octanol–water partition coefficient (Wildman–Crippen LogP) is 4.23. The number of hydroxylamine groups is 1. The Morgan fingerprint density at radius 3 is 2.15 bits per heavy atom. The molecule has 2 N–H and O–H groups in total. The van der Waals surface area contributed by atoms with Gasteiger partial charge in [0.15, 0.2) is 0 Å². The highest BCUT2D eigenvalue weighted by Gasteiger charge is 2.03. The molecule has 0 spiro atoms. The molecule has 1 rings (SSSR count). The zero-order chi connectivity index (χ0) is 19.7. The van der Waals surface area contributed by atoms with Gasteiger partial charge in [-0.05, 0) is 25.5 Å². The molecule has 1 aromatic rings. The van der Waals surface area contributed by atoms with Crippen molar-refractivity contribution in [2.24, 2.45) is 0 Å². The average Bonchev–Trinajstić information content (AvgIpc) is 2.58. The number of rotatable bonds is 13. The molecule has 0 radical (unpaired) electrons. The standard InChI is InChI=1S/C18H31NO2.CH4O3S/c1-3-4-5-6-7-8-12-15-19-21-17(2)16-20-18-13-10-9-11-14-18;1-5(2,3)4/h9-11,13-14,17,19H,3-8,12,15-16H2,1-2H3;1H3,(H,2,3,4). The van der Waals surface area contributed by atoms with Gasteiger partial charge in [-0.25, -0.2) is 5.48 Å². The van der Waals surface area contributed by atoms with Gasteiger partial charge in [-0.2, -0.15) is 8.42 Å². The minimum absolute atomic E-state index is 0.0507. The molecule has 0 aliphatic carbocycles. The molecular weight excluding hydrogens is 354 g/mol. The lowest BCUT2D eigenvalue weighted by molar-refractivity contribution is -0.0359. The molecule has 1 aromatic carbocycles. The first-order valence-corrected chi connectivity index (χ1v) is 11.2. The lowest BCUT2D eigenvalue weighted by Crippen LogP contribution is -2.27. The van der Waals surface area contributed by atoms with Crippen LogP contribution in [0.3, 0.4) is 0 Å². The lowest BCUT2D eigenvalue weighted by atomic mass is 10.1. The van der Waals surface area contributed by atoms with Gasteiger partial charge in [0.1, 0.15) is 18.5 Å². The summed E-state index contributed by atoms with van der Waals surface area (Å²) in [6.07, 6.45) is 10.0. The zero-order valence-electron chi connectivity index (χ0n) is 16.3. The van der Waals surface area contributed by atoms with Crippen LogP contribution in [-0.4, -0.2) is 38.5 Å². The zero-order valence-corrected chi connectivity index (χ0v) is 17.1. The van der Waals surface area contributed by atoms with E-state index in [4.69, 9.17) is 14.1 Å². The van der Waals surface area contributed by atoms with Crippen LogP contribution in [0.5, 0.6) is 5.75 Å². The van der Waals surface area contributed by atoms with Crippen molar-refractivity contribution < 1.29 is 22.5 Å². The van der Waals surface area contributed by atoms with E-state index in [0.717, 1.165) is 12.3 Å². The fourth-order valence-electron chi connectivity index (χ4n) is 2.12. The average molecular weight is 390 g/mol. The van der Waals surface area contributed by atoms with Gasteiger partial charge in [-0.1, -0.05) is 63.6 Å². The minimum Gasteiger partial charge on any atom is -0.491 e. The molecule has 0 aliphatic rings. The number of hydrogen-bond donors (Lipinski definition) is 2. The van der Waals surface area contributed by atoms with Crippen LogP contribution in [-0.2, 0) is 15.0 Å². The fourth-order valence-corrected chi connectivity index (χ4v) is 2.12. The van der Waals surface area contributed by atoms with Gasteiger partial charge in [0.05, 0.1) is 6.26 Å². The van der Waals surface area contributed by atoms with Crippen LogP contribution in [0.2, 0.25) is 0 Å². The SMILES string of the molecule is CCCCCCCCCNOC(C)COc1ccccc1.CS(=O)(=O)O. The summed E-state index contributed by atoms with van der Waals surface area (Å²) in [6.45, 7) is 5.75. The molecular formula is C19H35NO5S. The van der Waals surface area contributed by atoms with E-state index in [2.05, 4.69) is 12.4 Å². The Balaban J connectivity index is 0.00000110. The van der Waals surface area contributed by atoms with E-state index in [1.165, 1.54) is 44.9 Å². The van der Waals surface area contributed by atoms with E-state index in [9.17, 15) is 8.42 Å². The Hall–Kier alpha value is -1.15. The van der Waals surface area contributed by atoms with Gasteiger partial charge in [0.25, 0.3) is 10.1 Å². The highest BCUT2D eigenvalue weighted by molar-refractivity contribution is 7.85. The maximum Gasteiger partial charge on any atom is 0.261 e. The Labute approximate surface area is 159 Å². The second kappa shape index (κ2) is 16.1. The molecule has 0 bridgehead atoms. The van der Waals surface area contributed by atoms with Crippen LogP contribution in [0.15, 0.2) is 30.3 Å². The Morgan fingerprint density at radius 2 is 1.58 bits per heavy atom. The van der Waals surface area contributed by atoms with Gasteiger partial charge >= 0.3 is 0 Å². The molecule has 0 heterocycles. The summed E-state index contributed by atoms with van der Waals surface area (Å²) in [5, 5.41) is 0. The van der Waals surface area contributed by atoms with Gasteiger partial charge in [0.2, 0.25) is 0 Å². The maximum atomic E-state index is 9.19. The highest BCUT2D eigenvalue weighted by Crippen LogP contribution is 2.09. The molecule has 0 fully saturated rings. The van der Waals surface area contributed by atoms with Crippen molar-refractivity contribution in [2.75, 3.05) is 19.4 Å². The molecule has 1 unspecified atom stereocenters. The number of hydrogen-bond acceptors (Lipinski definition) is 5. The number of nitrogens with one attached hydrogen (secondary N) is 1. The van der Waals surface area contributed by atoms with Crippen LogP contribution in [0.4, 0.5) is 0 Å². The first-order valence-electron chi connectivity index (χ1n) is 9.31. The van der Waals surface area contributed by atoms with Crippen LogP contribution in [0, 0.1) is 0 Å². The van der Waals surface area contributed by atoms with Crippen molar-refractivity contribution in [3.63, 3.8) is 0 Å². The minimum atomic E-state index is -3.67. The molecule has 0 saturated heterocycles. The van der Waals surface area contributed by atoms with Crippen molar-refractivity contribution in [1.82, 2.24) is 5.48 Å². The Kier molecular flexibility index (Phi) is 15.3. The van der Waals surface area contributed by atoms with Gasteiger partial charge < -0.3 is 4.74 Å². The summed E-state index contributed by atoms with van der Waals surface area (Å²) in [6, 6.07) is 9.84. The van der Waals surface area contributed by atoms with E-state index in [1.54, 1.807) is 0 Å². The number of benzene rings is 1. The largest absolute Gasteiger partial charge is 0.491 e. The third-order valence-corrected chi connectivity index (χ3v) is 3.39. The summed E-state index contributed by atoms with van der Waals surface area (Å²) in [5.41, 5.74) is 3.04. The van der Waals surface area contributed by atoms with Crippen LogP contribution in [0.25, 0.3) is 0 Å². The van der Waals surface area contributed by atoms with Crippen molar-refractivity contribution in [3.8, 4) is 5.75 Å². The van der Waals surface area contributed by atoms with Gasteiger partial charge in [-0.3, -0.25) is 9.39 Å². The molecule has 0 aromatic heterocycles. The molecule has 7 heteroatoms. The third kappa shape index (κ3) is 20.9. The highest BCUT2D eigenvalue weighted by atomic mass is 32.2. The van der Waals surface area contributed by atoms with Crippen molar-refractivity contribution in [3.05, 3.63) is 30.3 Å². The molecule has 6 nitrogen and oxygen atoms in total.